The van der Waals surface area contributed by atoms with E-state index in [0.717, 1.165) is 5.69 Å². The first-order valence-electron chi connectivity index (χ1n) is 6.32. The number of hydrogen-bond donors (Lipinski definition) is 1. The molecule has 1 aromatic rings. The Morgan fingerprint density at radius 1 is 1.30 bits per heavy atom. The van der Waals surface area contributed by atoms with Crippen molar-refractivity contribution in [2.45, 2.75) is 13.8 Å². The van der Waals surface area contributed by atoms with E-state index >= 15 is 0 Å². The number of methoxy groups -OCH3 is 2. The number of carbonyl (C=O) groups is 1. The maximum atomic E-state index is 12.2. The van der Waals surface area contributed by atoms with E-state index in [1.165, 1.54) is 0 Å². The molecule has 2 N–H and O–H groups in total. The smallest absolute Gasteiger partial charge is 0.231 e. The van der Waals surface area contributed by atoms with Crippen LogP contribution in [0.1, 0.15) is 13.8 Å². The number of anilines is 1. The summed E-state index contributed by atoms with van der Waals surface area (Å²) in [6, 6.07) is 5.42. The Hall–Kier alpha value is -1.46. The molecule has 1 rings (SSSR count). The predicted octanol–water partition coefficient (Wildman–Crippen LogP) is 2.07. The van der Waals surface area contributed by atoms with Crippen molar-refractivity contribution in [3.63, 3.8) is 0 Å². The molecule has 1 aromatic carbocycles. The van der Waals surface area contributed by atoms with Crippen molar-refractivity contribution in [2.75, 3.05) is 32.2 Å². The Morgan fingerprint density at radius 3 is 2.35 bits per heavy atom. The second-order valence-corrected chi connectivity index (χ2v) is 4.26. The van der Waals surface area contributed by atoms with E-state index in [9.17, 15) is 4.79 Å². The predicted molar refractivity (Wildman–Crippen MR) is 83.0 cm³/mol. The number of halogens is 1. The number of carbonyl (C=O) groups excluding carboxylic acids is 1. The van der Waals surface area contributed by atoms with Gasteiger partial charge in [-0.25, -0.2) is 0 Å². The van der Waals surface area contributed by atoms with E-state index in [1.807, 2.05) is 19.9 Å². The maximum Gasteiger partial charge on any atom is 0.231 e. The molecule has 0 aromatic heterocycles. The highest BCUT2D eigenvalue weighted by Gasteiger charge is 2.20. The molecule has 0 heterocycles. The summed E-state index contributed by atoms with van der Waals surface area (Å²) in [6.45, 7) is 4.67. The molecule has 114 valence electrons. The minimum Gasteiger partial charge on any atom is -0.493 e. The summed E-state index contributed by atoms with van der Waals surface area (Å²) in [4.78, 5) is 13.9. The molecule has 20 heavy (non-hydrogen) atoms. The molecule has 5 nitrogen and oxygen atoms in total. The maximum absolute atomic E-state index is 12.2. The van der Waals surface area contributed by atoms with E-state index in [1.54, 1.807) is 31.3 Å². The number of benzene rings is 1. The van der Waals surface area contributed by atoms with Gasteiger partial charge < -0.3 is 20.1 Å². The van der Waals surface area contributed by atoms with Crippen LogP contribution in [0.2, 0.25) is 0 Å². The number of rotatable bonds is 6. The molecule has 1 unspecified atom stereocenters. The van der Waals surface area contributed by atoms with Gasteiger partial charge in [0.2, 0.25) is 5.91 Å². The molecule has 1 atom stereocenters. The molecule has 0 bridgehead atoms. The van der Waals surface area contributed by atoms with Crippen molar-refractivity contribution in [3.8, 4) is 11.5 Å². The van der Waals surface area contributed by atoms with Crippen LogP contribution in [0.15, 0.2) is 18.2 Å². The van der Waals surface area contributed by atoms with Crippen LogP contribution in [0.4, 0.5) is 5.69 Å². The van der Waals surface area contributed by atoms with Gasteiger partial charge in [0.05, 0.1) is 14.2 Å². The fourth-order valence-electron chi connectivity index (χ4n) is 1.83. The Bertz CT molecular complexity index is 440. The van der Waals surface area contributed by atoms with E-state index in [4.69, 9.17) is 15.2 Å². The van der Waals surface area contributed by atoms with Crippen LogP contribution in [0.3, 0.4) is 0 Å². The first-order chi connectivity index (χ1) is 9.08. The average molecular weight is 303 g/mol. The minimum atomic E-state index is -0.201. The van der Waals surface area contributed by atoms with E-state index in [0.29, 0.717) is 24.6 Å². The first kappa shape index (κ1) is 18.5. The van der Waals surface area contributed by atoms with E-state index < -0.39 is 0 Å². The summed E-state index contributed by atoms with van der Waals surface area (Å²) in [5, 5.41) is 0. The van der Waals surface area contributed by atoms with Crippen LogP contribution in [-0.2, 0) is 4.79 Å². The zero-order valence-corrected chi connectivity index (χ0v) is 13.2. The van der Waals surface area contributed by atoms with E-state index in [2.05, 4.69) is 0 Å². The fraction of sp³-hybridized carbons (Fsp3) is 0.500. The second kappa shape index (κ2) is 8.66. The van der Waals surface area contributed by atoms with Crippen molar-refractivity contribution in [1.82, 2.24) is 0 Å². The van der Waals surface area contributed by atoms with Crippen LogP contribution >= 0.6 is 12.4 Å². The second-order valence-electron chi connectivity index (χ2n) is 4.26. The van der Waals surface area contributed by atoms with Crippen molar-refractivity contribution in [2.24, 2.45) is 11.7 Å². The molecule has 0 saturated heterocycles. The molecule has 0 aliphatic heterocycles. The first-order valence-corrected chi connectivity index (χ1v) is 6.32. The highest BCUT2D eigenvalue weighted by molar-refractivity contribution is 5.95. The highest BCUT2D eigenvalue weighted by atomic mass is 35.5. The normalized spacial score (nSPS) is 11.2. The summed E-state index contributed by atoms with van der Waals surface area (Å²) < 4.78 is 10.4. The number of ether oxygens (including phenoxy) is 2. The van der Waals surface area contributed by atoms with Gasteiger partial charge in [0.1, 0.15) is 0 Å². The highest BCUT2D eigenvalue weighted by Crippen LogP contribution is 2.31. The lowest BCUT2D eigenvalue weighted by Gasteiger charge is -2.24. The third-order valence-corrected chi connectivity index (χ3v) is 3.04. The molecular formula is C14H23ClN2O3. The van der Waals surface area contributed by atoms with Gasteiger partial charge >= 0.3 is 0 Å². The van der Waals surface area contributed by atoms with Crippen LogP contribution in [0, 0.1) is 5.92 Å². The van der Waals surface area contributed by atoms with Crippen molar-refractivity contribution < 1.29 is 14.3 Å². The van der Waals surface area contributed by atoms with Crippen LogP contribution in [0.25, 0.3) is 0 Å². The van der Waals surface area contributed by atoms with E-state index in [-0.39, 0.29) is 24.2 Å². The molecular weight excluding hydrogens is 280 g/mol. The fourth-order valence-corrected chi connectivity index (χ4v) is 1.83. The number of amides is 1. The third kappa shape index (κ3) is 4.02. The third-order valence-electron chi connectivity index (χ3n) is 3.04. The standard InChI is InChI=1S/C14H22N2O3.ClH/c1-5-16(14(17)10(2)9-15)11-6-7-12(18-3)13(8-11)19-4;/h6-8,10H,5,9,15H2,1-4H3;1H. The zero-order chi connectivity index (χ0) is 14.4. The van der Waals surface area contributed by atoms with Crippen molar-refractivity contribution in [3.05, 3.63) is 18.2 Å². The SMILES string of the molecule is CCN(C(=O)C(C)CN)c1ccc(OC)c(OC)c1.Cl. The lowest BCUT2D eigenvalue weighted by molar-refractivity contribution is -0.121. The quantitative estimate of drug-likeness (QED) is 0.874. The van der Waals surface area contributed by atoms with Crippen LogP contribution in [-0.4, -0.2) is 33.2 Å². The number of nitrogens with zero attached hydrogens (tertiary/aromatic N) is 1. The molecule has 0 fully saturated rings. The molecule has 0 aliphatic carbocycles. The van der Waals surface area contributed by atoms with Gasteiger partial charge in [0.25, 0.3) is 0 Å². The summed E-state index contributed by atoms with van der Waals surface area (Å²) in [5.41, 5.74) is 6.34. The van der Waals surface area contributed by atoms with Crippen LogP contribution in [0.5, 0.6) is 11.5 Å². The Kier molecular flexibility index (Phi) is 8.03. The monoisotopic (exact) mass is 302 g/mol. The average Bonchev–Trinajstić information content (AvgIpc) is 2.46. The molecule has 0 aliphatic rings. The van der Waals surface area contributed by atoms with Gasteiger partial charge in [0.15, 0.2) is 11.5 Å². The van der Waals surface area contributed by atoms with Crippen molar-refractivity contribution in [1.29, 1.82) is 0 Å². The minimum absolute atomic E-state index is 0. The van der Waals surface area contributed by atoms with Gasteiger partial charge in [-0.15, -0.1) is 12.4 Å². The molecule has 0 saturated carbocycles. The zero-order valence-electron chi connectivity index (χ0n) is 12.4. The summed E-state index contributed by atoms with van der Waals surface area (Å²) in [7, 11) is 3.15. The lowest BCUT2D eigenvalue weighted by atomic mass is 10.1. The molecule has 0 spiro atoms. The lowest BCUT2D eigenvalue weighted by Crippen LogP contribution is -2.37. The van der Waals surface area contributed by atoms with Crippen molar-refractivity contribution >= 4 is 24.0 Å². The summed E-state index contributed by atoms with van der Waals surface area (Å²) in [5.74, 6) is 1.05. The number of hydrogen-bond acceptors (Lipinski definition) is 4. The Labute approximate surface area is 126 Å². The van der Waals surface area contributed by atoms with Gasteiger partial charge in [-0.05, 0) is 19.1 Å². The Morgan fingerprint density at radius 2 is 1.90 bits per heavy atom. The van der Waals surface area contributed by atoms with Gasteiger partial charge in [-0.2, -0.15) is 0 Å². The number of nitrogens with two attached hydrogens (primary N) is 1. The molecule has 6 heteroatoms. The van der Waals surface area contributed by atoms with Crippen LogP contribution < -0.4 is 20.1 Å². The Balaban J connectivity index is 0.00000361. The summed E-state index contributed by atoms with van der Waals surface area (Å²) in [6.07, 6.45) is 0. The largest absolute Gasteiger partial charge is 0.493 e. The van der Waals surface area contributed by atoms with Gasteiger partial charge in [0, 0.05) is 30.8 Å². The van der Waals surface area contributed by atoms with Gasteiger partial charge in [-0.1, -0.05) is 6.92 Å². The molecule has 1 amide bonds. The molecule has 0 radical (unpaired) electrons. The topological polar surface area (TPSA) is 64.8 Å². The van der Waals surface area contributed by atoms with Gasteiger partial charge in [-0.3, -0.25) is 4.79 Å². The summed E-state index contributed by atoms with van der Waals surface area (Å²) >= 11 is 0.